The van der Waals surface area contributed by atoms with Gasteiger partial charge in [-0.2, -0.15) is 5.10 Å². The highest BCUT2D eigenvalue weighted by Crippen LogP contribution is 2.24. The summed E-state index contributed by atoms with van der Waals surface area (Å²) in [6.45, 7) is 3.97. The van der Waals surface area contributed by atoms with Gasteiger partial charge in [-0.05, 0) is 32.8 Å². The summed E-state index contributed by atoms with van der Waals surface area (Å²) in [6, 6.07) is 6.84. The van der Waals surface area contributed by atoms with Crippen molar-refractivity contribution in [2.24, 2.45) is 0 Å². The van der Waals surface area contributed by atoms with Gasteiger partial charge in [-0.3, -0.25) is 9.59 Å². The molecule has 0 aliphatic heterocycles. The quantitative estimate of drug-likeness (QED) is 0.751. The molecule has 4 rings (SSSR count). The van der Waals surface area contributed by atoms with Crippen molar-refractivity contribution < 1.29 is 9.18 Å². The Bertz CT molecular complexity index is 1100. The fraction of sp³-hybridized carbons (Fsp3) is 0.350. The largest absolute Gasteiger partial charge is 0.352 e. The third-order valence-corrected chi connectivity index (χ3v) is 5.13. The molecular formula is C20H21FN4O2. The van der Waals surface area contributed by atoms with E-state index in [1.54, 1.807) is 24.4 Å². The molecule has 0 spiro atoms. The van der Waals surface area contributed by atoms with Gasteiger partial charge in [0, 0.05) is 28.4 Å². The molecule has 1 saturated carbocycles. The van der Waals surface area contributed by atoms with Gasteiger partial charge in [0.1, 0.15) is 12.4 Å². The second-order valence-corrected chi connectivity index (χ2v) is 7.09. The van der Waals surface area contributed by atoms with Gasteiger partial charge in [0.2, 0.25) is 5.91 Å². The highest BCUT2D eigenvalue weighted by molar-refractivity contribution is 5.87. The van der Waals surface area contributed by atoms with Crippen molar-refractivity contribution in [2.75, 3.05) is 0 Å². The highest BCUT2D eigenvalue weighted by Gasteiger charge is 2.24. The molecule has 0 saturated heterocycles. The first-order valence-electron chi connectivity index (χ1n) is 9.04. The fourth-order valence-electron chi connectivity index (χ4n) is 3.43. The summed E-state index contributed by atoms with van der Waals surface area (Å²) in [7, 11) is 0. The predicted molar refractivity (Wildman–Crippen MR) is 100 cm³/mol. The van der Waals surface area contributed by atoms with Crippen LogP contribution >= 0.6 is 0 Å². The van der Waals surface area contributed by atoms with Gasteiger partial charge in [-0.25, -0.2) is 9.07 Å². The second kappa shape index (κ2) is 6.64. The van der Waals surface area contributed by atoms with Crippen LogP contribution in [-0.4, -0.2) is 26.3 Å². The van der Waals surface area contributed by atoms with Crippen molar-refractivity contribution in [2.45, 2.75) is 45.8 Å². The van der Waals surface area contributed by atoms with Crippen LogP contribution in [0.25, 0.3) is 10.8 Å². The average Bonchev–Trinajstić information content (AvgIpc) is 3.41. The van der Waals surface area contributed by atoms with Crippen LogP contribution in [0.2, 0.25) is 0 Å². The summed E-state index contributed by atoms with van der Waals surface area (Å²) in [5.41, 5.74) is 1.85. The lowest BCUT2D eigenvalue weighted by molar-refractivity contribution is -0.122. The van der Waals surface area contributed by atoms with E-state index in [2.05, 4.69) is 10.4 Å². The smallest absolute Gasteiger partial charge is 0.276 e. The molecule has 1 aliphatic rings. The number of carbonyl (C=O) groups is 1. The normalized spacial score (nSPS) is 13.9. The minimum Gasteiger partial charge on any atom is -0.352 e. The van der Waals surface area contributed by atoms with Gasteiger partial charge in [0.15, 0.2) is 0 Å². The Morgan fingerprint density at radius 2 is 2.00 bits per heavy atom. The molecule has 3 aromatic rings. The van der Waals surface area contributed by atoms with Gasteiger partial charge in [0.25, 0.3) is 5.56 Å². The second-order valence-electron chi connectivity index (χ2n) is 7.09. The van der Waals surface area contributed by atoms with Crippen molar-refractivity contribution >= 4 is 16.7 Å². The first-order chi connectivity index (χ1) is 13.0. The van der Waals surface area contributed by atoms with Crippen molar-refractivity contribution in [3.63, 3.8) is 0 Å². The molecule has 2 aromatic heterocycles. The van der Waals surface area contributed by atoms with Crippen LogP contribution in [0.15, 0.2) is 35.3 Å². The number of nitrogens with one attached hydrogen (secondary N) is 1. The molecule has 0 atom stereocenters. The van der Waals surface area contributed by atoms with Crippen LogP contribution in [0.3, 0.4) is 0 Å². The van der Waals surface area contributed by atoms with Crippen LogP contribution in [0.4, 0.5) is 4.39 Å². The molecule has 1 aliphatic carbocycles. The molecule has 0 unspecified atom stereocenters. The zero-order valence-electron chi connectivity index (χ0n) is 15.3. The first-order valence-corrected chi connectivity index (χ1v) is 9.04. The molecule has 6 nitrogen and oxygen atoms in total. The molecule has 140 valence electrons. The van der Waals surface area contributed by atoms with E-state index in [9.17, 15) is 14.0 Å². The van der Waals surface area contributed by atoms with E-state index in [0.29, 0.717) is 17.5 Å². The lowest BCUT2D eigenvalue weighted by atomic mass is 10.2. The fourth-order valence-corrected chi connectivity index (χ4v) is 3.43. The molecule has 0 bridgehead atoms. The summed E-state index contributed by atoms with van der Waals surface area (Å²) in [5, 5.41) is 8.29. The zero-order chi connectivity index (χ0) is 19.1. The standard InChI is InChI=1S/C20H21FN4O2/c1-12-16-9-22-25(11-18(26)23-15-7-8-15)20(27)19(16)13(2)24(12)10-14-5-3-4-6-17(14)21/h3-6,9,15H,7-8,10-11H2,1-2H3,(H,23,26). The lowest BCUT2D eigenvalue weighted by Crippen LogP contribution is -2.34. The lowest BCUT2D eigenvalue weighted by Gasteiger charge is -2.10. The number of amides is 1. The van der Waals surface area contributed by atoms with E-state index < -0.39 is 0 Å². The van der Waals surface area contributed by atoms with Crippen molar-refractivity contribution in [1.29, 1.82) is 0 Å². The summed E-state index contributed by atoms with van der Waals surface area (Å²) < 4.78 is 17.2. The monoisotopic (exact) mass is 368 g/mol. The third kappa shape index (κ3) is 3.25. The summed E-state index contributed by atoms with van der Waals surface area (Å²) in [5.74, 6) is -0.479. The number of aryl methyl sites for hydroxylation is 2. The minimum atomic E-state index is -0.300. The number of hydrogen-bond donors (Lipinski definition) is 1. The molecule has 2 heterocycles. The van der Waals surface area contributed by atoms with Crippen LogP contribution in [-0.2, 0) is 17.9 Å². The number of benzene rings is 1. The minimum absolute atomic E-state index is 0.0950. The molecular weight excluding hydrogens is 347 g/mol. The molecule has 27 heavy (non-hydrogen) atoms. The first kappa shape index (κ1) is 17.5. The predicted octanol–water partition coefficient (Wildman–Crippen LogP) is 2.28. The number of rotatable bonds is 5. The molecule has 7 heteroatoms. The Morgan fingerprint density at radius 3 is 2.70 bits per heavy atom. The molecule has 1 fully saturated rings. The Hall–Kier alpha value is -2.96. The summed E-state index contributed by atoms with van der Waals surface area (Å²) in [4.78, 5) is 24.9. The van der Waals surface area contributed by atoms with Gasteiger partial charge >= 0.3 is 0 Å². The number of fused-ring (bicyclic) bond motifs is 1. The maximum absolute atomic E-state index is 14.1. The maximum Gasteiger partial charge on any atom is 0.276 e. The Morgan fingerprint density at radius 1 is 1.26 bits per heavy atom. The molecule has 1 N–H and O–H groups in total. The van der Waals surface area contributed by atoms with Gasteiger partial charge in [-0.1, -0.05) is 18.2 Å². The molecule has 1 aromatic carbocycles. The van der Waals surface area contributed by atoms with E-state index in [0.717, 1.165) is 29.6 Å². The van der Waals surface area contributed by atoms with E-state index in [1.807, 2.05) is 18.4 Å². The van der Waals surface area contributed by atoms with Crippen molar-refractivity contribution in [3.8, 4) is 0 Å². The van der Waals surface area contributed by atoms with Crippen molar-refractivity contribution in [3.05, 3.63) is 63.6 Å². The molecule has 0 radical (unpaired) electrons. The van der Waals surface area contributed by atoms with Crippen molar-refractivity contribution in [1.82, 2.24) is 19.7 Å². The number of hydrogen-bond acceptors (Lipinski definition) is 3. The Balaban J connectivity index is 1.72. The number of carbonyl (C=O) groups excluding carboxylic acids is 1. The van der Waals surface area contributed by atoms with Crippen LogP contribution in [0.1, 0.15) is 29.8 Å². The van der Waals surface area contributed by atoms with Crippen LogP contribution in [0, 0.1) is 19.7 Å². The van der Waals surface area contributed by atoms with E-state index in [-0.39, 0.29) is 29.9 Å². The topological polar surface area (TPSA) is 68.9 Å². The highest BCUT2D eigenvalue weighted by atomic mass is 19.1. The van der Waals surface area contributed by atoms with E-state index in [1.165, 1.54) is 10.7 Å². The number of halogens is 1. The SMILES string of the molecule is Cc1c2cnn(CC(=O)NC3CC3)c(=O)c2c(C)n1Cc1ccccc1F. The van der Waals surface area contributed by atoms with Crippen LogP contribution in [0.5, 0.6) is 0 Å². The van der Waals surface area contributed by atoms with Gasteiger partial charge in [0.05, 0.1) is 18.1 Å². The third-order valence-electron chi connectivity index (χ3n) is 5.13. The Labute approximate surface area is 155 Å². The zero-order valence-corrected chi connectivity index (χ0v) is 15.3. The van der Waals surface area contributed by atoms with Gasteiger partial charge < -0.3 is 9.88 Å². The average molecular weight is 368 g/mol. The van der Waals surface area contributed by atoms with Crippen LogP contribution < -0.4 is 10.9 Å². The number of nitrogens with zero attached hydrogens (tertiary/aromatic N) is 3. The van der Waals surface area contributed by atoms with E-state index in [4.69, 9.17) is 0 Å². The van der Waals surface area contributed by atoms with Gasteiger partial charge in [-0.15, -0.1) is 0 Å². The summed E-state index contributed by atoms with van der Waals surface area (Å²) >= 11 is 0. The molecule has 1 amide bonds. The maximum atomic E-state index is 14.1. The Kier molecular flexibility index (Phi) is 4.30. The summed E-state index contributed by atoms with van der Waals surface area (Å²) in [6.07, 6.45) is 3.59. The number of aromatic nitrogens is 3. The van der Waals surface area contributed by atoms with E-state index >= 15 is 0 Å².